The van der Waals surface area contributed by atoms with Gasteiger partial charge in [-0.05, 0) is 50.1 Å². The van der Waals surface area contributed by atoms with E-state index in [9.17, 15) is 19.5 Å². The molecule has 7 nitrogen and oxygen atoms in total. The molecule has 2 aromatic rings. The minimum absolute atomic E-state index is 0.0168. The quantitative estimate of drug-likeness (QED) is 0.562. The Morgan fingerprint density at radius 1 is 0.964 bits per heavy atom. The molecular formula is C21H25N3O4. The van der Waals surface area contributed by atoms with E-state index in [2.05, 4.69) is 16.0 Å². The molecule has 0 saturated heterocycles. The minimum Gasteiger partial charge on any atom is -0.481 e. The highest BCUT2D eigenvalue weighted by Crippen LogP contribution is 2.11. The van der Waals surface area contributed by atoms with Crippen molar-refractivity contribution in [3.63, 3.8) is 0 Å². The van der Waals surface area contributed by atoms with Crippen molar-refractivity contribution in [2.45, 2.75) is 26.3 Å². The van der Waals surface area contributed by atoms with E-state index in [0.29, 0.717) is 17.7 Å². The summed E-state index contributed by atoms with van der Waals surface area (Å²) < 4.78 is 0. The SMILES string of the molecule is CC(C)NC(=O)Nc1ccc(C(=O)NCC(Cc2ccccc2)C(=O)O)cc1. The number of aliphatic carboxylic acids is 1. The van der Waals surface area contributed by atoms with Crippen LogP contribution in [0.15, 0.2) is 54.6 Å². The highest BCUT2D eigenvalue weighted by Gasteiger charge is 2.19. The van der Waals surface area contributed by atoms with E-state index >= 15 is 0 Å². The van der Waals surface area contributed by atoms with Crippen molar-refractivity contribution < 1.29 is 19.5 Å². The number of carboxylic acids is 1. The number of hydrogen-bond donors (Lipinski definition) is 4. The van der Waals surface area contributed by atoms with Crippen LogP contribution in [-0.2, 0) is 11.2 Å². The molecular weight excluding hydrogens is 358 g/mol. The number of carbonyl (C=O) groups is 3. The van der Waals surface area contributed by atoms with Gasteiger partial charge in [-0.2, -0.15) is 0 Å². The van der Waals surface area contributed by atoms with Crippen molar-refractivity contribution in [3.8, 4) is 0 Å². The molecule has 28 heavy (non-hydrogen) atoms. The molecule has 0 aliphatic rings. The van der Waals surface area contributed by atoms with E-state index < -0.39 is 11.9 Å². The zero-order valence-corrected chi connectivity index (χ0v) is 15.9. The van der Waals surface area contributed by atoms with Gasteiger partial charge in [-0.3, -0.25) is 9.59 Å². The summed E-state index contributed by atoms with van der Waals surface area (Å²) in [7, 11) is 0. The predicted octanol–water partition coefficient (Wildman–Crippen LogP) is 2.89. The molecule has 148 valence electrons. The summed E-state index contributed by atoms with van der Waals surface area (Å²) in [5.74, 6) is -2.04. The Morgan fingerprint density at radius 2 is 1.61 bits per heavy atom. The average Bonchev–Trinajstić information content (AvgIpc) is 2.65. The van der Waals surface area contributed by atoms with Gasteiger partial charge in [0.25, 0.3) is 5.91 Å². The van der Waals surface area contributed by atoms with Crippen LogP contribution in [0.1, 0.15) is 29.8 Å². The number of anilines is 1. The van der Waals surface area contributed by atoms with Crippen molar-refractivity contribution in [1.82, 2.24) is 10.6 Å². The Labute approximate surface area is 164 Å². The average molecular weight is 383 g/mol. The fourth-order valence-electron chi connectivity index (χ4n) is 2.60. The van der Waals surface area contributed by atoms with Crippen LogP contribution in [0.5, 0.6) is 0 Å². The molecule has 7 heteroatoms. The first kappa shape index (κ1) is 21.0. The van der Waals surface area contributed by atoms with E-state index in [1.165, 1.54) is 0 Å². The normalized spacial score (nSPS) is 11.5. The monoisotopic (exact) mass is 383 g/mol. The van der Waals surface area contributed by atoms with Gasteiger partial charge >= 0.3 is 12.0 Å². The van der Waals surface area contributed by atoms with Crippen molar-refractivity contribution in [2.24, 2.45) is 5.92 Å². The summed E-state index contributed by atoms with van der Waals surface area (Å²) in [6, 6.07) is 15.4. The number of rotatable bonds is 8. The van der Waals surface area contributed by atoms with Crippen LogP contribution in [0.2, 0.25) is 0 Å². The second-order valence-corrected chi connectivity index (χ2v) is 6.77. The van der Waals surface area contributed by atoms with Crippen molar-refractivity contribution in [3.05, 3.63) is 65.7 Å². The number of nitrogens with one attached hydrogen (secondary N) is 3. The first-order valence-corrected chi connectivity index (χ1v) is 9.07. The molecule has 0 aromatic heterocycles. The lowest BCUT2D eigenvalue weighted by Crippen LogP contribution is -2.34. The lowest BCUT2D eigenvalue weighted by atomic mass is 9.99. The smallest absolute Gasteiger partial charge is 0.319 e. The van der Waals surface area contributed by atoms with Gasteiger partial charge in [0, 0.05) is 23.8 Å². The second kappa shape index (κ2) is 10.1. The van der Waals surface area contributed by atoms with Crippen molar-refractivity contribution >= 4 is 23.6 Å². The summed E-state index contributed by atoms with van der Waals surface area (Å²) in [6.45, 7) is 3.74. The van der Waals surface area contributed by atoms with Crippen LogP contribution in [0.3, 0.4) is 0 Å². The molecule has 1 unspecified atom stereocenters. The number of amides is 3. The van der Waals surface area contributed by atoms with E-state index in [4.69, 9.17) is 0 Å². The maximum absolute atomic E-state index is 12.3. The topological polar surface area (TPSA) is 108 Å². The van der Waals surface area contributed by atoms with Crippen LogP contribution in [-0.4, -0.2) is 35.6 Å². The zero-order valence-electron chi connectivity index (χ0n) is 15.9. The van der Waals surface area contributed by atoms with Gasteiger partial charge in [0.05, 0.1) is 5.92 Å². The Bertz CT molecular complexity index is 804. The lowest BCUT2D eigenvalue weighted by molar-refractivity contribution is -0.141. The molecule has 0 fully saturated rings. The number of urea groups is 1. The lowest BCUT2D eigenvalue weighted by Gasteiger charge is -2.14. The maximum atomic E-state index is 12.3. The zero-order chi connectivity index (χ0) is 20.5. The highest BCUT2D eigenvalue weighted by atomic mass is 16.4. The van der Waals surface area contributed by atoms with E-state index in [1.54, 1.807) is 24.3 Å². The maximum Gasteiger partial charge on any atom is 0.319 e. The summed E-state index contributed by atoms with van der Waals surface area (Å²) in [5, 5.41) is 17.5. The highest BCUT2D eigenvalue weighted by molar-refractivity contribution is 5.95. The third-order valence-corrected chi connectivity index (χ3v) is 4.01. The Morgan fingerprint density at radius 3 is 2.18 bits per heavy atom. The fraction of sp³-hybridized carbons (Fsp3) is 0.286. The minimum atomic E-state index is -0.958. The standard InChI is InChI=1S/C21H25N3O4/c1-14(2)23-21(28)24-18-10-8-16(9-11-18)19(25)22-13-17(20(26)27)12-15-6-4-3-5-7-15/h3-11,14,17H,12-13H2,1-2H3,(H,22,25)(H,26,27)(H2,23,24,28). The van der Waals surface area contributed by atoms with Crippen molar-refractivity contribution in [2.75, 3.05) is 11.9 Å². The van der Waals surface area contributed by atoms with E-state index in [0.717, 1.165) is 5.56 Å². The Kier molecular flexibility index (Phi) is 7.56. The van der Waals surface area contributed by atoms with E-state index in [1.807, 2.05) is 44.2 Å². The Hall–Kier alpha value is -3.35. The summed E-state index contributed by atoms with van der Waals surface area (Å²) in [4.78, 5) is 35.5. The number of carboxylic acid groups (broad SMARTS) is 1. The molecule has 2 aromatic carbocycles. The Balaban J connectivity index is 1.90. The fourth-order valence-corrected chi connectivity index (χ4v) is 2.60. The van der Waals surface area contributed by atoms with Gasteiger partial charge in [-0.25, -0.2) is 4.79 Å². The number of carbonyl (C=O) groups excluding carboxylic acids is 2. The van der Waals surface area contributed by atoms with Gasteiger partial charge in [-0.15, -0.1) is 0 Å². The molecule has 0 radical (unpaired) electrons. The predicted molar refractivity (Wildman–Crippen MR) is 107 cm³/mol. The number of hydrogen-bond acceptors (Lipinski definition) is 3. The summed E-state index contributed by atoms with van der Waals surface area (Å²) in [6.07, 6.45) is 0.338. The first-order chi connectivity index (χ1) is 13.3. The molecule has 0 spiro atoms. The van der Waals surface area contributed by atoms with Gasteiger partial charge in [0.1, 0.15) is 0 Å². The molecule has 1 atom stereocenters. The van der Waals surface area contributed by atoms with Gasteiger partial charge < -0.3 is 21.1 Å². The van der Waals surface area contributed by atoms with Crippen molar-refractivity contribution in [1.29, 1.82) is 0 Å². The molecule has 0 aliphatic heterocycles. The molecule has 2 rings (SSSR count). The van der Waals surface area contributed by atoms with Crippen LogP contribution < -0.4 is 16.0 Å². The first-order valence-electron chi connectivity index (χ1n) is 9.07. The van der Waals surface area contributed by atoms with Gasteiger partial charge in [0.2, 0.25) is 0 Å². The molecule has 0 saturated carbocycles. The van der Waals surface area contributed by atoms with Crippen LogP contribution in [0.4, 0.5) is 10.5 Å². The summed E-state index contributed by atoms with van der Waals surface area (Å²) >= 11 is 0. The number of benzene rings is 2. The van der Waals surface area contributed by atoms with E-state index in [-0.39, 0.29) is 24.5 Å². The summed E-state index contributed by atoms with van der Waals surface area (Å²) in [5.41, 5.74) is 1.85. The second-order valence-electron chi connectivity index (χ2n) is 6.77. The molecule has 0 heterocycles. The van der Waals surface area contributed by atoms with Gasteiger partial charge in [-0.1, -0.05) is 30.3 Å². The van der Waals surface area contributed by atoms with Gasteiger partial charge in [0.15, 0.2) is 0 Å². The molecule has 4 N–H and O–H groups in total. The van der Waals surface area contributed by atoms with Crippen LogP contribution >= 0.6 is 0 Å². The molecule has 3 amide bonds. The third kappa shape index (κ3) is 6.75. The van der Waals surface area contributed by atoms with Crippen LogP contribution in [0.25, 0.3) is 0 Å². The largest absolute Gasteiger partial charge is 0.481 e. The molecule has 0 aliphatic carbocycles. The molecule has 0 bridgehead atoms. The van der Waals surface area contributed by atoms with Crippen LogP contribution in [0, 0.1) is 5.92 Å². The third-order valence-electron chi connectivity index (χ3n) is 4.01.